The van der Waals surface area contributed by atoms with Gasteiger partial charge in [0.05, 0.1) is 17.8 Å². The standard InChI is InChI=1S/C14H11FN4O3S/c1-6(17-14(21)22)12-18-9-4-10(23-11(9)13(20)19-12)7-2-3-16-5-8(7)15/h2-6,17H,1H3,(H,21,22)(H,18,19,20). The fourth-order valence-corrected chi connectivity index (χ4v) is 3.14. The number of fused-ring (bicyclic) bond motifs is 1. The van der Waals surface area contributed by atoms with Crippen molar-refractivity contribution in [3.63, 3.8) is 0 Å². The second-order valence-electron chi connectivity index (χ2n) is 4.80. The number of carboxylic acid groups (broad SMARTS) is 1. The van der Waals surface area contributed by atoms with E-state index in [0.29, 0.717) is 20.7 Å². The lowest BCUT2D eigenvalue weighted by Crippen LogP contribution is -2.27. The number of thiophene rings is 1. The Morgan fingerprint density at radius 2 is 2.30 bits per heavy atom. The summed E-state index contributed by atoms with van der Waals surface area (Å²) >= 11 is 1.11. The van der Waals surface area contributed by atoms with E-state index in [1.54, 1.807) is 13.0 Å². The smallest absolute Gasteiger partial charge is 0.405 e. The van der Waals surface area contributed by atoms with E-state index in [2.05, 4.69) is 20.3 Å². The Balaban J connectivity index is 2.10. The number of hydrogen-bond acceptors (Lipinski definition) is 5. The highest BCUT2D eigenvalue weighted by atomic mass is 32.1. The first-order valence-electron chi connectivity index (χ1n) is 6.59. The number of pyridine rings is 1. The van der Waals surface area contributed by atoms with E-state index in [0.717, 1.165) is 17.5 Å². The zero-order valence-electron chi connectivity index (χ0n) is 11.8. The molecule has 0 aliphatic heterocycles. The van der Waals surface area contributed by atoms with Gasteiger partial charge in [-0.1, -0.05) is 0 Å². The third-order valence-corrected chi connectivity index (χ3v) is 4.35. The molecule has 0 saturated heterocycles. The number of nitrogens with one attached hydrogen (secondary N) is 2. The molecule has 3 rings (SSSR count). The van der Waals surface area contributed by atoms with Crippen molar-refractivity contribution in [2.75, 3.05) is 0 Å². The largest absolute Gasteiger partial charge is 0.465 e. The molecule has 1 unspecified atom stereocenters. The molecule has 9 heteroatoms. The summed E-state index contributed by atoms with van der Waals surface area (Å²) in [5.41, 5.74) is 0.328. The zero-order chi connectivity index (χ0) is 16.6. The van der Waals surface area contributed by atoms with Crippen LogP contribution < -0.4 is 10.9 Å². The fraction of sp³-hybridized carbons (Fsp3) is 0.143. The third-order valence-electron chi connectivity index (χ3n) is 3.19. The molecule has 0 saturated carbocycles. The molecule has 0 fully saturated rings. The van der Waals surface area contributed by atoms with Gasteiger partial charge in [0.15, 0.2) is 0 Å². The maximum atomic E-state index is 13.8. The van der Waals surface area contributed by atoms with Crippen molar-refractivity contribution >= 4 is 27.6 Å². The van der Waals surface area contributed by atoms with Gasteiger partial charge in [-0.05, 0) is 19.1 Å². The van der Waals surface area contributed by atoms with Gasteiger partial charge in [0.25, 0.3) is 5.56 Å². The van der Waals surface area contributed by atoms with Gasteiger partial charge in [-0.15, -0.1) is 11.3 Å². The van der Waals surface area contributed by atoms with Gasteiger partial charge >= 0.3 is 6.09 Å². The molecular weight excluding hydrogens is 323 g/mol. The minimum Gasteiger partial charge on any atom is -0.465 e. The van der Waals surface area contributed by atoms with Crippen LogP contribution in [0.15, 0.2) is 29.3 Å². The highest BCUT2D eigenvalue weighted by molar-refractivity contribution is 7.22. The highest BCUT2D eigenvalue weighted by Crippen LogP contribution is 2.32. The maximum absolute atomic E-state index is 13.8. The number of aromatic nitrogens is 3. The van der Waals surface area contributed by atoms with Gasteiger partial charge < -0.3 is 15.4 Å². The highest BCUT2D eigenvalue weighted by Gasteiger charge is 2.16. The van der Waals surface area contributed by atoms with E-state index in [1.165, 1.54) is 12.3 Å². The van der Waals surface area contributed by atoms with Crippen molar-refractivity contribution < 1.29 is 14.3 Å². The van der Waals surface area contributed by atoms with Gasteiger partial charge in [0, 0.05) is 16.6 Å². The average Bonchev–Trinajstić information content (AvgIpc) is 2.91. The zero-order valence-corrected chi connectivity index (χ0v) is 12.6. The van der Waals surface area contributed by atoms with Crippen LogP contribution in [0.4, 0.5) is 9.18 Å². The second kappa shape index (κ2) is 5.76. The molecule has 7 nitrogen and oxygen atoms in total. The summed E-state index contributed by atoms with van der Waals surface area (Å²) in [5, 5.41) is 11.0. The Hall–Kier alpha value is -2.81. The summed E-state index contributed by atoms with van der Waals surface area (Å²) < 4.78 is 14.2. The molecule has 0 radical (unpaired) electrons. The van der Waals surface area contributed by atoms with E-state index in [-0.39, 0.29) is 5.82 Å². The van der Waals surface area contributed by atoms with Crippen molar-refractivity contribution in [3.8, 4) is 10.4 Å². The molecule has 23 heavy (non-hydrogen) atoms. The number of nitrogens with zero attached hydrogens (tertiary/aromatic N) is 2. The van der Waals surface area contributed by atoms with Gasteiger partial charge in [0.2, 0.25) is 0 Å². The van der Waals surface area contributed by atoms with Crippen LogP contribution >= 0.6 is 11.3 Å². The van der Waals surface area contributed by atoms with Crippen molar-refractivity contribution in [2.45, 2.75) is 13.0 Å². The molecule has 0 aliphatic rings. The normalized spacial score (nSPS) is 12.3. The SMILES string of the molecule is CC(NC(=O)O)c1nc2cc(-c3ccncc3F)sc2c(=O)[nH]1. The van der Waals surface area contributed by atoms with Gasteiger partial charge in [-0.25, -0.2) is 14.2 Å². The van der Waals surface area contributed by atoms with Crippen LogP contribution in [0.25, 0.3) is 20.7 Å². The van der Waals surface area contributed by atoms with Crippen LogP contribution in [0.3, 0.4) is 0 Å². The first-order chi connectivity index (χ1) is 11.0. The number of carbonyl (C=O) groups is 1. The average molecular weight is 334 g/mol. The number of H-pyrrole nitrogens is 1. The molecule has 0 bridgehead atoms. The minimum atomic E-state index is -1.22. The first-order valence-corrected chi connectivity index (χ1v) is 7.40. The molecule has 0 spiro atoms. The number of rotatable bonds is 3. The topological polar surface area (TPSA) is 108 Å². The number of halogens is 1. The molecule has 3 aromatic rings. The Morgan fingerprint density at radius 3 is 3.00 bits per heavy atom. The van der Waals surface area contributed by atoms with Crippen LogP contribution in [-0.4, -0.2) is 26.2 Å². The van der Waals surface area contributed by atoms with E-state index >= 15 is 0 Å². The summed E-state index contributed by atoms with van der Waals surface area (Å²) in [7, 11) is 0. The van der Waals surface area contributed by atoms with Crippen LogP contribution in [0.1, 0.15) is 18.8 Å². The maximum Gasteiger partial charge on any atom is 0.405 e. The van der Waals surface area contributed by atoms with Gasteiger partial charge in [-0.2, -0.15) is 0 Å². The van der Waals surface area contributed by atoms with E-state index in [4.69, 9.17) is 5.11 Å². The van der Waals surface area contributed by atoms with E-state index < -0.39 is 23.5 Å². The summed E-state index contributed by atoms with van der Waals surface area (Å²) in [6.45, 7) is 1.56. The Kier molecular flexibility index (Phi) is 3.78. The van der Waals surface area contributed by atoms with Crippen molar-refractivity contribution in [1.82, 2.24) is 20.3 Å². The van der Waals surface area contributed by atoms with Crippen LogP contribution in [0.2, 0.25) is 0 Å². The van der Waals surface area contributed by atoms with Crippen LogP contribution in [-0.2, 0) is 0 Å². The van der Waals surface area contributed by atoms with Crippen molar-refractivity contribution in [3.05, 3.63) is 46.5 Å². The number of aromatic amines is 1. The van der Waals surface area contributed by atoms with Crippen LogP contribution in [0, 0.1) is 5.82 Å². The molecule has 118 valence electrons. The monoisotopic (exact) mass is 334 g/mol. The molecule has 3 heterocycles. The Morgan fingerprint density at radius 1 is 1.52 bits per heavy atom. The molecule has 3 N–H and O–H groups in total. The Labute approximate surface area is 132 Å². The molecule has 1 atom stereocenters. The van der Waals surface area contributed by atoms with Crippen LogP contribution in [0.5, 0.6) is 0 Å². The minimum absolute atomic E-state index is 0.199. The lowest BCUT2D eigenvalue weighted by molar-refractivity contribution is 0.190. The summed E-state index contributed by atoms with van der Waals surface area (Å²) in [6, 6.07) is 2.44. The number of amides is 1. The number of hydrogen-bond donors (Lipinski definition) is 3. The van der Waals surface area contributed by atoms with E-state index in [9.17, 15) is 14.0 Å². The lowest BCUT2D eigenvalue weighted by atomic mass is 10.2. The quantitative estimate of drug-likeness (QED) is 0.682. The fourth-order valence-electron chi connectivity index (χ4n) is 2.12. The molecule has 0 aliphatic carbocycles. The molecular formula is C14H11FN4O3S. The summed E-state index contributed by atoms with van der Waals surface area (Å²) in [6.07, 6.45) is 1.34. The first kappa shape index (κ1) is 15.1. The predicted octanol–water partition coefficient (Wildman–Crippen LogP) is 2.51. The van der Waals surface area contributed by atoms with Crippen molar-refractivity contribution in [1.29, 1.82) is 0 Å². The summed E-state index contributed by atoms with van der Waals surface area (Å²) in [5.74, 6) is -0.291. The molecule has 0 aromatic carbocycles. The lowest BCUT2D eigenvalue weighted by Gasteiger charge is -2.09. The van der Waals surface area contributed by atoms with Crippen molar-refractivity contribution in [2.24, 2.45) is 0 Å². The Bertz CT molecular complexity index is 953. The van der Waals surface area contributed by atoms with Gasteiger partial charge in [0.1, 0.15) is 16.3 Å². The third kappa shape index (κ3) is 2.90. The predicted molar refractivity (Wildman–Crippen MR) is 83.0 cm³/mol. The summed E-state index contributed by atoms with van der Waals surface area (Å²) in [4.78, 5) is 33.9. The van der Waals surface area contributed by atoms with Gasteiger partial charge in [-0.3, -0.25) is 9.78 Å². The van der Waals surface area contributed by atoms with E-state index in [1.807, 2.05) is 0 Å². The molecule has 3 aromatic heterocycles. The molecule has 1 amide bonds. The second-order valence-corrected chi connectivity index (χ2v) is 5.86.